The highest BCUT2D eigenvalue weighted by molar-refractivity contribution is 14.0. The molecule has 0 atom stereocenters. The Balaban J connectivity index is 0.00000243. The molecule has 2 aromatic carbocycles. The average Bonchev–Trinajstić information content (AvgIpc) is 3.13. The van der Waals surface area contributed by atoms with Crippen LogP contribution in [0.25, 0.3) is 11.3 Å². The molecule has 0 saturated heterocycles. The number of hydrogen-bond acceptors (Lipinski definition) is 3. The van der Waals surface area contributed by atoms with Crippen molar-refractivity contribution in [2.45, 2.75) is 20.0 Å². The highest BCUT2D eigenvalue weighted by Gasteiger charge is 2.05. The Hall–Kier alpha value is -1.93. The predicted molar refractivity (Wildman–Crippen MR) is 121 cm³/mol. The fourth-order valence-corrected chi connectivity index (χ4v) is 3.24. The Morgan fingerprint density at radius 3 is 2.42 bits per heavy atom. The molecule has 3 rings (SSSR count). The first-order valence-corrected chi connectivity index (χ1v) is 9.13. The minimum absolute atomic E-state index is 0. The van der Waals surface area contributed by atoms with Gasteiger partial charge in [0, 0.05) is 24.5 Å². The summed E-state index contributed by atoms with van der Waals surface area (Å²) < 4.78 is 0. The Kier molecular flexibility index (Phi) is 8.06. The largest absolute Gasteiger partial charge is 0.352 e. The molecule has 1 heterocycles. The lowest BCUT2D eigenvalue weighted by molar-refractivity contribution is 0.803. The van der Waals surface area contributed by atoms with Gasteiger partial charge in [0.15, 0.2) is 5.96 Å². The van der Waals surface area contributed by atoms with Crippen molar-refractivity contribution < 1.29 is 0 Å². The Morgan fingerprint density at radius 2 is 1.69 bits per heavy atom. The number of nitrogens with one attached hydrogen (secondary N) is 2. The van der Waals surface area contributed by atoms with Gasteiger partial charge < -0.3 is 10.6 Å². The molecule has 0 saturated carbocycles. The van der Waals surface area contributed by atoms with Crippen LogP contribution in [0.4, 0.5) is 0 Å². The molecule has 0 unspecified atom stereocenters. The van der Waals surface area contributed by atoms with E-state index in [1.54, 1.807) is 18.4 Å². The first-order chi connectivity index (χ1) is 12.3. The van der Waals surface area contributed by atoms with Crippen LogP contribution >= 0.6 is 35.3 Å². The summed E-state index contributed by atoms with van der Waals surface area (Å²) in [5.74, 6) is 0.778. The SMILES string of the molecule is CN=C(NCc1nc(-c2ccccc2)cs1)NCc1ccccc1C.I. The maximum atomic E-state index is 4.69. The zero-order valence-corrected chi connectivity index (χ0v) is 18.0. The van der Waals surface area contributed by atoms with Crippen molar-refractivity contribution in [3.05, 3.63) is 76.1 Å². The molecular weight excluding hydrogens is 455 g/mol. The predicted octanol–water partition coefficient (Wildman–Crippen LogP) is 4.60. The number of aryl methyl sites for hydroxylation is 1. The van der Waals surface area contributed by atoms with Crippen LogP contribution in [-0.2, 0) is 13.1 Å². The van der Waals surface area contributed by atoms with Crippen LogP contribution in [0.3, 0.4) is 0 Å². The molecule has 6 heteroatoms. The molecule has 0 fully saturated rings. The number of rotatable bonds is 5. The first-order valence-electron chi connectivity index (χ1n) is 8.25. The van der Waals surface area contributed by atoms with E-state index in [-0.39, 0.29) is 24.0 Å². The van der Waals surface area contributed by atoms with E-state index in [2.05, 4.69) is 64.3 Å². The van der Waals surface area contributed by atoms with Gasteiger partial charge in [-0.1, -0.05) is 54.6 Å². The van der Waals surface area contributed by atoms with E-state index >= 15 is 0 Å². The van der Waals surface area contributed by atoms with Crippen LogP contribution in [0.2, 0.25) is 0 Å². The van der Waals surface area contributed by atoms with Crippen LogP contribution in [-0.4, -0.2) is 18.0 Å². The molecule has 2 N–H and O–H groups in total. The second-order valence-corrected chi connectivity index (χ2v) is 6.64. The second-order valence-electron chi connectivity index (χ2n) is 5.70. The monoisotopic (exact) mass is 478 g/mol. The zero-order chi connectivity index (χ0) is 17.5. The smallest absolute Gasteiger partial charge is 0.191 e. The standard InChI is InChI=1S/C20H22N4S.HI/c1-15-8-6-7-11-17(15)12-22-20(21-2)23-13-19-24-18(14-25-19)16-9-4-3-5-10-16;/h3-11,14H,12-13H2,1-2H3,(H2,21,22,23);1H. The lowest BCUT2D eigenvalue weighted by Crippen LogP contribution is -2.36. The summed E-state index contributed by atoms with van der Waals surface area (Å²) in [6, 6.07) is 18.6. The molecule has 0 aliphatic rings. The number of benzene rings is 2. The van der Waals surface area contributed by atoms with Gasteiger partial charge in [0.1, 0.15) is 5.01 Å². The van der Waals surface area contributed by atoms with Gasteiger partial charge >= 0.3 is 0 Å². The molecule has 26 heavy (non-hydrogen) atoms. The van der Waals surface area contributed by atoms with Crippen molar-refractivity contribution in [3.63, 3.8) is 0 Å². The molecule has 4 nitrogen and oxygen atoms in total. The molecule has 136 valence electrons. The van der Waals surface area contributed by atoms with Gasteiger partial charge in [-0.15, -0.1) is 35.3 Å². The topological polar surface area (TPSA) is 49.3 Å². The number of guanidine groups is 1. The average molecular weight is 478 g/mol. The first kappa shape index (κ1) is 20.4. The molecule has 3 aromatic rings. The van der Waals surface area contributed by atoms with Gasteiger partial charge in [0.25, 0.3) is 0 Å². The number of nitrogens with zero attached hydrogens (tertiary/aromatic N) is 2. The summed E-state index contributed by atoms with van der Waals surface area (Å²) in [5.41, 5.74) is 4.71. The summed E-state index contributed by atoms with van der Waals surface area (Å²) in [5, 5.41) is 9.81. The highest BCUT2D eigenvalue weighted by Crippen LogP contribution is 2.21. The minimum Gasteiger partial charge on any atom is -0.352 e. The molecule has 0 radical (unpaired) electrons. The fraction of sp³-hybridized carbons (Fsp3) is 0.200. The van der Waals surface area contributed by atoms with Crippen LogP contribution in [0.1, 0.15) is 16.1 Å². The van der Waals surface area contributed by atoms with Gasteiger partial charge in [-0.3, -0.25) is 4.99 Å². The summed E-state index contributed by atoms with van der Waals surface area (Å²) in [4.78, 5) is 8.98. The molecule has 0 aliphatic heterocycles. The van der Waals surface area contributed by atoms with E-state index in [9.17, 15) is 0 Å². The van der Waals surface area contributed by atoms with E-state index in [1.807, 2.05) is 18.2 Å². The van der Waals surface area contributed by atoms with Crippen molar-refractivity contribution in [2.24, 2.45) is 4.99 Å². The van der Waals surface area contributed by atoms with Crippen molar-refractivity contribution in [1.82, 2.24) is 15.6 Å². The quantitative estimate of drug-likeness (QED) is 0.320. The third kappa shape index (κ3) is 5.54. The van der Waals surface area contributed by atoms with Gasteiger partial charge in [-0.2, -0.15) is 0 Å². The molecule has 0 spiro atoms. The summed E-state index contributed by atoms with van der Waals surface area (Å²) in [7, 11) is 1.78. The van der Waals surface area contributed by atoms with Crippen LogP contribution in [0.5, 0.6) is 0 Å². The van der Waals surface area contributed by atoms with E-state index in [4.69, 9.17) is 4.98 Å². The van der Waals surface area contributed by atoms with E-state index in [0.29, 0.717) is 6.54 Å². The van der Waals surface area contributed by atoms with Crippen molar-refractivity contribution in [2.75, 3.05) is 7.05 Å². The third-order valence-corrected chi connectivity index (χ3v) is 4.81. The van der Waals surface area contributed by atoms with E-state index in [1.165, 1.54) is 11.1 Å². The summed E-state index contributed by atoms with van der Waals surface area (Å²) >= 11 is 1.66. The lowest BCUT2D eigenvalue weighted by atomic mass is 10.1. The van der Waals surface area contributed by atoms with Crippen LogP contribution < -0.4 is 10.6 Å². The van der Waals surface area contributed by atoms with Gasteiger partial charge in [0.2, 0.25) is 0 Å². The Morgan fingerprint density at radius 1 is 1.00 bits per heavy atom. The highest BCUT2D eigenvalue weighted by atomic mass is 127. The van der Waals surface area contributed by atoms with Crippen molar-refractivity contribution in [3.8, 4) is 11.3 Å². The fourth-order valence-electron chi connectivity index (χ4n) is 2.50. The second kappa shape index (κ2) is 10.3. The minimum atomic E-state index is 0. The number of thiazole rings is 1. The maximum Gasteiger partial charge on any atom is 0.191 e. The van der Waals surface area contributed by atoms with Crippen molar-refractivity contribution in [1.29, 1.82) is 0 Å². The molecule has 0 aliphatic carbocycles. The van der Waals surface area contributed by atoms with E-state index in [0.717, 1.165) is 28.8 Å². The van der Waals surface area contributed by atoms with Crippen LogP contribution in [0, 0.1) is 6.92 Å². The summed E-state index contributed by atoms with van der Waals surface area (Å²) in [6.45, 7) is 3.53. The Labute approximate surface area is 175 Å². The van der Waals surface area contributed by atoms with Crippen LogP contribution in [0.15, 0.2) is 65.0 Å². The Bertz CT molecular complexity index is 846. The zero-order valence-electron chi connectivity index (χ0n) is 14.9. The lowest BCUT2D eigenvalue weighted by Gasteiger charge is -2.12. The number of hydrogen-bond donors (Lipinski definition) is 2. The molecule has 0 bridgehead atoms. The number of aromatic nitrogens is 1. The number of aliphatic imine (C=N–C) groups is 1. The van der Waals surface area contributed by atoms with E-state index < -0.39 is 0 Å². The molecule has 0 amide bonds. The molecule has 1 aromatic heterocycles. The van der Waals surface area contributed by atoms with Gasteiger partial charge in [-0.05, 0) is 18.1 Å². The van der Waals surface area contributed by atoms with Gasteiger partial charge in [0.05, 0.1) is 12.2 Å². The van der Waals surface area contributed by atoms with Crippen molar-refractivity contribution >= 4 is 41.3 Å². The third-order valence-electron chi connectivity index (χ3n) is 3.96. The summed E-state index contributed by atoms with van der Waals surface area (Å²) in [6.07, 6.45) is 0. The molecular formula is C20H23IN4S. The maximum absolute atomic E-state index is 4.69. The number of halogens is 1. The van der Waals surface area contributed by atoms with Gasteiger partial charge in [-0.25, -0.2) is 4.98 Å². The normalized spacial score (nSPS) is 10.9.